The third-order valence-corrected chi connectivity index (χ3v) is 4.18. The Hall–Kier alpha value is -0.820. The molecule has 2 N–H and O–H groups in total. The zero-order chi connectivity index (χ0) is 15.8. The second-order valence-electron chi connectivity index (χ2n) is 5.45. The first-order chi connectivity index (χ1) is 10.6. The minimum atomic E-state index is -0.486. The molecule has 7 heteroatoms. The van der Waals surface area contributed by atoms with Crippen LogP contribution in [0.4, 0.5) is 0 Å². The van der Waals surface area contributed by atoms with E-state index in [0.29, 0.717) is 12.3 Å². The Bertz CT molecular complexity index is 467. The first-order valence-electron chi connectivity index (χ1n) is 7.78. The van der Waals surface area contributed by atoms with Crippen molar-refractivity contribution >= 4 is 34.2 Å². The highest BCUT2D eigenvalue weighted by atomic mass is 79.9. The summed E-state index contributed by atoms with van der Waals surface area (Å²) in [5.41, 5.74) is 0. The van der Waals surface area contributed by atoms with Gasteiger partial charge in [0.2, 0.25) is 0 Å². The Balaban J connectivity index is 0.00000264. The standard InChI is InChI=1S/C16H24BrN3O2.ClH/c1-13(22-15-5-3-14(17)4-6-15)16(21)19-7-2-10-20-11-8-18-9-12-20;/h3-6,13,18H,2,7-12H2,1H3,(H,19,21);1H. The van der Waals surface area contributed by atoms with Crippen LogP contribution in [0.1, 0.15) is 13.3 Å². The van der Waals surface area contributed by atoms with Gasteiger partial charge in [0.1, 0.15) is 5.75 Å². The van der Waals surface area contributed by atoms with Gasteiger partial charge in [0, 0.05) is 37.2 Å². The molecule has 130 valence electrons. The summed E-state index contributed by atoms with van der Waals surface area (Å²) in [5, 5.41) is 6.27. The second-order valence-corrected chi connectivity index (χ2v) is 6.37. The number of benzene rings is 1. The monoisotopic (exact) mass is 405 g/mol. The predicted molar refractivity (Wildman–Crippen MR) is 98.4 cm³/mol. The van der Waals surface area contributed by atoms with E-state index >= 15 is 0 Å². The third-order valence-electron chi connectivity index (χ3n) is 3.66. The third kappa shape index (κ3) is 7.52. The van der Waals surface area contributed by atoms with Crippen LogP contribution in [0.3, 0.4) is 0 Å². The van der Waals surface area contributed by atoms with Crippen LogP contribution in [0.25, 0.3) is 0 Å². The first-order valence-corrected chi connectivity index (χ1v) is 8.57. The van der Waals surface area contributed by atoms with Crippen molar-refractivity contribution < 1.29 is 9.53 Å². The summed E-state index contributed by atoms with van der Waals surface area (Å²) in [6.07, 6.45) is 0.483. The normalized spacial score (nSPS) is 16.3. The van der Waals surface area contributed by atoms with Crippen LogP contribution < -0.4 is 15.4 Å². The zero-order valence-corrected chi connectivity index (χ0v) is 15.8. The number of halogens is 2. The summed E-state index contributed by atoms with van der Waals surface area (Å²) < 4.78 is 6.62. The minimum absolute atomic E-state index is 0. The van der Waals surface area contributed by atoms with Gasteiger partial charge in [-0.2, -0.15) is 0 Å². The highest BCUT2D eigenvalue weighted by Gasteiger charge is 2.14. The summed E-state index contributed by atoms with van der Waals surface area (Å²) in [5.74, 6) is 0.634. The van der Waals surface area contributed by atoms with Crippen molar-refractivity contribution in [1.82, 2.24) is 15.5 Å². The zero-order valence-electron chi connectivity index (χ0n) is 13.4. The quantitative estimate of drug-likeness (QED) is 0.681. The van der Waals surface area contributed by atoms with Crippen molar-refractivity contribution in [3.8, 4) is 5.75 Å². The van der Waals surface area contributed by atoms with Crippen LogP contribution in [0.15, 0.2) is 28.7 Å². The highest BCUT2D eigenvalue weighted by molar-refractivity contribution is 9.10. The molecule has 2 rings (SSSR count). The summed E-state index contributed by atoms with van der Waals surface area (Å²) >= 11 is 3.37. The van der Waals surface area contributed by atoms with Gasteiger partial charge in [-0.15, -0.1) is 12.4 Å². The molecule has 0 saturated carbocycles. The number of nitrogens with one attached hydrogen (secondary N) is 2. The average molecular weight is 407 g/mol. The molecule has 0 aliphatic carbocycles. The van der Waals surface area contributed by atoms with Crippen molar-refractivity contribution in [2.75, 3.05) is 39.3 Å². The molecule has 1 unspecified atom stereocenters. The van der Waals surface area contributed by atoms with E-state index in [1.807, 2.05) is 24.3 Å². The first kappa shape index (κ1) is 20.2. The predicted octanol–water partition coefficient (Wildman–Crippen LogP) is 2.05. The fourth-order valence-electron chi connectivity index (χ4n) is 2.36. The largest absolute Gasteiger partial charge is 0.481 e. The maximum Gasteiger partial charge on any atom is 0.260 e. The Kier molecular flexibility index (Phi) is 9.55. The number of amides is 1. The van der Waals surface area contributed by atoms with Crippen molar-refractivity contribution in [2.45, 2.75) is 19.4 Å². The van der Waals surface area contributed by atoms with Gasteiger partial charge in [-0.1, -0.05) is 15.9 Å². The molecule has 5 nitrogen and oxygen atoms in total. The topological polar surface area (TPSA) is 53.6 Å². The van der Waals surface area contributed by atoms with Gasteiger partial charge in [-0.05, 0) is 44.2 Å². The van der Waals surface area contributed by atoms with Crippen molar-refractivity contribution in [3.05, 3.63) is 28.7 Å². The molecule has 1 aliphatic heterocycles. The number of hydrogen-bond donors (Lipinski definition) is 2. The molecular weight excluding hydrogens is 382 g/mol. The lowest BCUT2D eigenvalue weighted by Crippen LogP contribution is -2.44. The number of hydrogen-bond acceptors (Lipinski definition) is 4. The molecular formula is C16H25BrClN3O2. The van der Waals surface area contributed by atoms with Gasteiger partial charge in [0.15, 0.2) is 6.10 Å². The summed E-state index contributed by atoms with van der Waals surface area (Å²) in [7, 11) is 0. The number of carbonyl (C=O) groups is 1. The van der Waals surface area contributed by atoms with Gasteiger partial charge >= 0.3 is 0 Å². The molecule has 1 fully saturated rings. The van der Waals surface area contributed by atoms with Gasteiger partial charge in [-0.25, -0.2) is 0 Å². The molecule has 0 radical (unpaired) electrons. The van der Waals surface area contributed by atoms with Crippen LogP contribution in [-0.4, -0.2) is 56.2 Å². The van der Waals surface area contributed by atoms with E-state index in [1.165, 1.54) is 0 Å². The summed E-state index contributed by atoms with van der Waals surface area (Å²) in [6, 6.07) is 7.48. The molecule has 1 amide bonds. The van der Waals surface area contributed by atoms with Crippen LogP contribution in [-0.2, 0) is 4.79 Å². The van der Waals surface area contributed by atoms with E-state index in [0.717, 1.165) is 43.6 Å². The lowest BCUT2D eigenvalue weighted by atomic mass is 10.3. The molecule has 0 bridgehead atoms. The highest BCUT2D eigenvalue weighted by Crippen LogP contribution is 2.17. The van der Waals surface area contributed by atoms with Crippen molar-refractivity contribution in [3.63, 3.8) is 0 Å². The Morgan fingerprint density at radius 3 is 2.65 bits per heavy atom. The van der Waals surface area contributed by atoms with E-state index in [4.69, 9.17) is 4.74 Å². The number of carbonyl (C=O) groups excluding carboxylic acids is 1. The molecule has 1 aliphatic rings. The van der Waals surface area contributed by atoms with E-state index in [-0.39, 0.29) is 18.3 Å². The van der Waals surface area contributed by atoms with E-state index in [9.17, 15) is 4.79 Å². The molecule has 1 heterocycles. The second kappa shape index (κ2) is 10.9. The lowest BCUT2D eigenvalue weighted by Gasteiger charge is -2.27. The fraction of sp³-hybridized carbons (Fsp3) is 0.562. The van der Waals surface area contributed by atoms with E-state index in [1.54, 1.807) is 6.92 Å². The summed E-state index contributed by atoms with van der Waals surface area (Å²) in [4.78, 5) is 14.4. The maximum absolute atomic E-state index is 12.0. The molecule has 1 aromatic rings. The number of rotatable bonds is 7. The Morgan fingerprint density at radius 2 is 2.00 bits per heavy atom. The number of piperazine rings is 1. The van der Waals surface area contributed by atoms with E-state index in [2.05, 4.69) is 31.5 Å². The molecule has 0 aromatic heterocycles. The van der Waals surface area contributed by atoms with E-state index < -0.39 is 6.10 Å². The van der Waals surface area contributed by atoms with Crippen LogP contribution >= 0.6 is 28.3 Å². The number of nitrogens with zero attached hydrogens (tertiary/aromatic N) is 1. The summed E-state index contributed by atoms with van der Waals surface area (Å²) in [6.45, 7) is 7.80. The SMILES string of the molecule is CC(Oc1ccc(Br)cc1)C(=O)NCCCN1CCNCC1.Cl. The molecule has 1 atom stereocenters. The van der Waals surface area contributed by atoms with Crippen molar-refractivity contribution in [1.29, 1.82) is 0 Å². The molecule has 1 saturated heterocycles. The van der Waals surface area contributed by atoms with Crippen LogP contribution in [0.5, 0.6) is 5.75 Å². The Labute approximate surface area is 152 Å². The maximum atomic E-state index is 12.0. The van der Waals surface area contributed by atoms with Crippen molar-refractivity contribution in [2.24, 2.45) is 0 Å². The van der Waals surface area contributed by atoms with Crippen LogP contribution in [0, 0.1) is 0 Å². The minimum Gasteiger partial charge on any atom is -0.481 e. The Morgan fingerprint density at radius 1 is 1.35 bits per heavy atom. The fourth-order valence-corrected chi connectivity index (χ4v) is 2.63. The smallest absolute Gasteiger partial charge is 0.260 e. The number of ether oxygens (including phenoxy) is 1. The van der Waals surface area contributed by atoms with Gasteiger partial charge in [-0.3, -0.25) is 4.79 Å². The molecule has 1 aromatic carbocycles. The van der Waals surface area contributed by atoms with Gasteiger partial charge in [0.25, 0.3) is 5.91 Å². The average Bonchev–Trinajstić information content (AvgIpc) is 2.54. The van der Waals surface area contributed by atoms with Crippen LogP contribution in [0.2, 0.25) is 0 Å². The molecule has 23 heavy (non-hydrogen) atoms. The molecule has 0 spiro atoms. The van der Waals surface area contributed by atoms with Gasteiger partial charge in [0.05, 0.1) is 0 Å². The van der Waals surface area contributed by atoms with Gasteiger partial charge < -0.3 is 20.3 Å². The lowest BCUT2D eigenvalue weighted by molar-refractivity contribution is -0.127.